The minimum absolute atomic E-state index is 0.0866. The molecule has 0 saturated heterocycles. The standard InChI is InChI=1S/C22H26F3N7O3S/c1-21(9-10-36-20-28-29-30-31(20)2)8-7-15(18(19(21)33)11-32-14-26-13-27-32)12-34-16-3-5-17(6-4-16)35-22(23,24)25/h3-6,13-15,18H,7-12H2,1-2H3/t15-,18-,21-/m0/s1. The van der Waals surface area contributed by atoms with Gasteiger partial charge < -0.3 is 9.47 Å². The highest BCUT2D eigenvalue weighted by Crippen LogP contribution is 2.43. The topological polar surface area (TPSA) is 110 Å². The van der Waals surface area contributed by atoms with E-state index in [-0.39, 0.29) is 30.0 Å². The number of aryl methyl sites for hydroxylation is 1. The first kappa shape index (κ1) is 25.9. The van der Waals surface area contributed by atoms with Crippen molar-refractivity contribution in [1.82, 2.24) is 35.0 Å². The molecule has 1 aliphatic carbocycles. The van der Waals surface area contributed by atoms with Gasteiger partial charge in [0, 0.05) is 30.1 Å². The van der Waals surface area contributed by atoms with Crippen LogP contribution in [0.4, 0.5) is 13.2 Å². The van der Waals surface area contributed by atoms with Crippen LogP contribution in [-0.4, -0.2) is 59.5 Å². The zero-order valence-corrected chi connectivity index (χ0v) is 20.6. The van der Waals surface area contributed by atoms with Crippen LogP contribution in [0.3, 0.4) is 0 Å². The van der Waals surface area contributed by atoms with Gasteiger partial charge in [-0.15, -0.1) is 18.3 Å². The lowest BCUT2D eigenvalue weighted by Gasteiger charge is -2.41. The largest absolute Gasteiger partial charge is 0.573 e. The number of alkyl halides is 3. The van der Waals surface area contributed by atoms with Crippen LogP contribution in [-0.2, 0) is 18.4 Å². The highest BCUT2D eigenvalue weighted by atomic mass is 32.2. The number of thioether (sulfide) groups is 1. The van der Waals surface area contributed by atoms with E-state index in [9.17, 15) is 18.0 Å². The molecule has 1 saturated carbocycles. The summed E-state index contributed by atoms with van der Waals surface area (Å²) in [5.41, 5.74) is -0.517. The fourth-order valence-corrected chi connectivity index (χ4v) is 5.40. The highest BCUT2D eigenvalue weighted by molar-refractivity contribution is 7.99. The van der Waals surface area contributed by atoms with Gasteiger partial charge in [-0.05, 0) is 54.0 Å². The first-order valence-corrected chi connectivity index (χ1v) is 12.3. The molecule has 2 aromatic heterocycles. The molecule has 10 nitrogen and oxygen atoms in total. The Balaban J connectivity index is 1.40. The Morgan fingerprint density at radius 3 is 2.61 bits per heavy atom. The molecule has 0 spiro atoms. The van der Waals surface area contributed by atoms with Gasteiger partial charge in [0.05, 0.1) is 13.2 Å². The van der Waals surface area contributed by atoms with Gasteiger partial charge in [-0.1, -0.05) is 18.7 Å². The summed E-state index contributed by atoms with van der Waals surface area (Å²) in [4.78, 5) is 17.7. The number of carbonyl (C=O) groups is 1. The van der Waals surface area contributed by atoms with E-state index in [4.69, 9.17) is 4.74 Å². The monoisotopic (exact) mass is 525 g/mol. The lowest BCUT2D eigenvalue weighted by molar-refractivity contribution is -0.274. The second-order valence-corrected chi connectivity index (χ2v) is 10.0. The molecule has 1 aliphatic rings. The predicted molar refractivity (Wildman–Crippen MR) is 122 cm³/mol. The summed E-state index contributed by atoms with van der Waals surface area (Å²) in [6, 6.07) is 5.23. The quantitative estimate of drug-likeness (QED) is 0.367. The van der Waals surface area contributed by atoms with Crippen molar-refractivity contribution >= 4 is 17.5 Å². The van der Waals surface area contributed by atoms with E-state index in [1.807, 2.05) is 6.92 Å². The number of hydrogen-bond donors (Lipinski definition) is 0. The molecule has 1 fully saturated rings. The van der Waals surface area contributed by atoms with Crippen molar-refractivity contribution in [2.75, 3.05) is 12.4 Å². The van der Waals surface area contributed by atoms with E-state index in [1.54, 1.807) is 22.7 Å². The molecule has 2 heterocycles. The third-order valence-corrected chi connectivity index (χ3v) is 7.42. The first-order chi connectivity index (χ1) is 17.1. The van der Waals surface area contributed by atoms with E-state index in [2.05, 4.69) is 30.3 Å². The third kappa shape index (κ3) is 6.53. The fraction of sp³-hybridized carbons (Fsp3) is 0.545. The Morgan fingerprint density at radius 1 is 1.22 bits per heavy atom. The summed E-state index contributed by atoms with van der Waals surface area (Å²) in [6.07, 6.45) is 0.375. The van der Waals surface area contributed by atoms with Crippen molar-refractivity contribution < 1.29 is 27.4 Å². The Bertz CT molecular complexity index is 1140. The zero-order chi connectivity index (χ0) is 25.8. The first-order valence-electron chi connectivity index (χ1n) is 11.3. The Morgan fingerprint density at radius 2 is 1.97 bits per heavy atom. The summed E-state index contributed by atoms with van der Waals surface area (Å²) < 4.78 is 50.2. The molecule has 36 heavy (non-hydrogen) atoms. The molecule has 0 N–H and O–H groups in total. The van der Waals surface area contributed by atoms with Gasteiger partial charge >= 0.3 is 6.36 Å². The predicted octanol–water partition coefficient (Wildman–Crippen LogP) is 3.56. The summed E-state index contributed by atoms with van der Waals surface area (Å²) in [5.74, 6) is 0.482. The second-order valence-electron chi connectivity index (χ2n) is 8.96. The van der Waals surface area contributed by atoms with Crippen LogP contribution in [0.15, 0.2) is 42.1 Å². The molecule has 0 unspecified atom stereocenters. The van der Waals surface area contributed by atoms with Gasteiger partial charge in [0.1, 0.15) is 29.9 Å². The fourth-order valence-electron chi connectivity index (χ4n) is 4.35. The third-order valence-electron chi connectivity index (χ3n) is 6.41. The van der Waals surface area contributed by atoms with Crippen LogP contribution in [0, 0.1) is 17.3 Å². The maximum absolute atomic E-state index is 13.7. The lowest BCUT2D eigenvalue weighted by Crippen LogP contribution is -2.46. The summed E-state index contributed by atoms with van der Waals surface area (Å²) in [6.45, 7) is 2.62. The maximum atomic E-state index is 13.7. The normalized spacial score (nSPS) is 22.5. The Kier molecular flexibility index (Phi) is 7.81. The maximum Gasteiger partial charge on any atom is 0.573 e. The number of rotatable bonds is 10. The van der Waals surface area contributed by atoms with Crippen molar-refractivity contribution in [3.8, 4) is 11.5 Å². The zero-order valence-electron chi connectivity index (χ0n) is 19.8. The Labute approximate surface area is 209 Å². The number of halogens is 3. The van der Waals surface area contributed by atoms with Gasteiger partial charge in [0.2, 0.25) is 5.16 Å². The summed E-state index contributed by atoms with van der Waals surface area (Å²) in [7, 11) is 1.77. The number of carbonyl (C=O) groups excluding carboxylic acids is 1. The SMILES string of the molecule is Cn1nnnc1SCC[C@]1(C)CC[C@@H](COc2ccc(OC(F)(F)F)cc2)[C@H](Cn2cncn2)C1=O. The minimum atomic E-state index is -4.75. The van der Waals surface area contributed by atoms with Crippen LogP contribution >= 0.6 is 11.8 Å². The molecule has 3 atom stereocenters. The smallest absolute Gasteiger partial charge is 0.493 e. The molecular weight excluding hydrogens is 499 g/mol. The highest BCUT2D eigenvalue weighted by Gasteiger charge is 2.45. The number of aromatic nitrogens is 7. The van der Waals surface area contributed by atoms with E-state index >= 15 is 0 Å². The second kappa shape index (κ2) is 10.8. The van der Waals surface area contributed by atoms with Gasteiger partial charge in [-0.3, -0.25) is 9.48 Å². The number of benzene rings is 1. The number of tetrazole rings is 1. The molecule has 3 aromatic rings. The number of nitrogens with zero attached hydrogens (tertiary/aromatic N) is 7. The average molecular weight is 526 g/mol. The van der Waals surface area contributed by atoms with Crippen molar-refractivity contribution in [2.24, 2.45) is 24.3 Å². The van der Waals surface area contributed by atoms with Crippen LogP contribution in [0.25, 0.3) is 0 Å². The van der Waals surface area contributed by atoms with Crippen molar-refractivity contribution in [1.29, 1.82) is 0 Å². The summed E-state index contributed by atoms with van der Waals surface area (Å²) >= 11 is 1.51. The number of Topliss-reactive ketones (excluding diaryl/α,β-unsaturated/α-hetero) is 1. The molecule has 0 radical (unpaired) electrons. The molecule has 0 amide bonds. The number of hydrogen-bond acceptors (Lipinski definition) is 9. The molecule has 0 aliphatic heterocycles. The van der Waals surface area contributed by atoms with Crippen LogP contribution in [0.1, 0.15) is 26.2 Å². The molecule has 0 bridgehead atoms. The van der Waals surface area contributed by atoms with Crippen LogP contribution in [0.2, 0.25) is 0 Å². The molecule has 4 rings (SSSR count). The van der Waals surface area contributed by atoms with Gasteiger partial charge in [-0.25, -0.2) is 9.67 Å². The van der Waals surface area contributed by atoms with E-state index in [1.165, 1.54) is 42.4 Å². The number of ketones is 1. The van der Waals surface area contributed by atoms with E-state index < -0.39 is 11.8 Å². The minimum Gasteiger partial charge on any atom is -0.493 e. The molecule has 194 valence electrons. The van der Waals surface area contributed by atoms with Gasteiger partial charge in [-0.2, -0.15) is 5.10 Å². The van der Waals surface area contributed by atoms with Crippen LogP contribution in [0.5, 0.6) is 11.5 Å². The summed E-state index contributed by atoms with van der Waals surface area (Å²) in [5, 5.41) is 16.3. The van der Waals surface area contributed by atoms with E-state index in [0.717, 1.165) is 6.42 Å². The lowest BCUT2D eigenvalue weighted by atomic mass is 9.64. The Hall–Kier alpha value is -3.16. The van der Waals surface area contributed by atoms with Crippen LogP contribution < -0.4 is 9.47 Å². The number of ether oxygens (including phenoxy) is 2. The van der Waals surface area contributed by atoms with E-state index in [0.29, 0.717) is 36.0 Å². The van der Waals surface area contributed by atoms with Gasteiger partial charge in [0.15, 0.2) is 0 Å². The molecule has 1 aromatic carbocycles. The van der Waals surface area contributed by atoms with Crippen molar-refractivity contribution in [3.05, 3.63) is 36.9 Å². The van der Waals surface area contributed by atoms with Crippen molar-refractivity contribution in [2.45, 2.75) is 44.2 Å². The van der Waals surface area contributed by atoms with Gasteiger partial charge in [0.25, 0.3) is 0 Å². The molecule has 14 heteroatoms. The average Bonchev–Trinajstić information content (AvgIpc) is 3.48. The van der Waals surface area contributed by atoms with Crippen molar-refractivity contribution in [3.63, 3.8) is 0 Å². The molecular formula is C22H26F3N7O3S.